The van der Waals surface area contributed by atoms with Gasteiger partial charge in [-0.1, -0.05) is 26.0 Å². The number of nitrogen functional groups attached to an aromatic ring is 1. The SMILES string of the molecule is CCC(CC)NC(=O)c1ccccc1N. The maximum absolute atomic E-state index is 11.8. The molecular formula is C12H18N2O. The van der Waals surface area contributed by atoms with Crippen molar-refractivity contribution in [3.63, 3.8) is 0 Å². The molecule has 3 N–H and O–H groups in total. The molecule has 0 fully saturated rings. The molecule has 3 nitrogen and oxygen atoms in total. The fourth-order valence-corrected chi connectivity index (χ4v) is 1.46. The van der Waals surface area contributed by atoms with Crippen LogP contribution in [0.3, 0.4) is 0 Å². The van der Waals surface area contributed by atoms with E-state index in [1.807, 2.05) is 12.1 Å². The van der Waals surface area contributed by atoms with Crippen molar-refractivity contribution in [1.82, 2.24) is 5.32 Å². The molecule has 0 aromatic heterocycles. The topological polar surface area (TPSA) is 55.1 Å². The smallest absolute Gasteiger partial charge is 0.253 e. The number of rotatable bonds is 4. The van der Waals surface area contributed by atoms with E-state index in [0.29, 0.717) is 11.3 Å². The van der Waals surface area contributed by atoms with Crippen LogP contribution in [0, 0.1) is 0 Å². The van der Waals surface area contributed by atoms with Gasteiger partial charge in [0.15, 0.2) is 0 Å². The highest BCUT2D eigenvalue weighted by molar-refractivity contribution is 5.99. The van der Waals surface area contributed by atoms with Gasteiger partial charge in [0.1, 0.15) is 0 Å². The summed E-state index contributed by atoms with van der Waals surface area (Å²) >= 11 is 0. The maximum Gasteiger partial charge on any atom is 0.253 e. The zero-order valence-electron chi connectivity index (χ0n) is 9.29. The van der Waals surface area contributed by atoms with Crippen molar-refractivity contribution in [3.8, 4) is 0 Å². The lowest BCUT2D eigenvalue weighted by atomic mass is 10.1. The van der Waals surface area contributed by atoms with Gasteiger partial charge in [-0.25, -0.2) is 0 Å². The summed E-state index contributed by atoms with van der Waals surface area (Å²) in [6, 6.07) is 7.35. The monoisotopic (exact) mass is 206 g/mol. The summed E-state index contributed by atoms with van der Waals surface area (Å²) in [6.07, 6.45) is 1.88. The van der Waals surface area contributed by atoms with Crippen LogP contribution in [-0.2, 0) is 0 Å². The van der Waals surface area contributed by atoms with E-state index in [-0.39, 0.29) is 11.9 Å². The van der Waals surface area contributed by atoms with Crippen LogP contribution in [0.1, 0.15) is 37.0 Å². The summed E-state index contributed by atoms with van der Waals surface area (Å²) in [4.78, 5) is 11.8. The predicted molar refractivity (Wildman–Crippen MR) is 62.7 cm³/mol. The third kappa shape index (κ3) is 2.98. The Morgan fingerprint density at radius 2 is 1.93 bits per heavy atom. The minimum Gasteiger partial charge on any atom is -0.398 e. The number of hydrogen-bond acceptors (Lipinski definition) is 2. The summed E-state index contributed by atoms with van der Waals surface area (Å²) in [5, 5.41) is 2.95. The molecule has 0 saturated carbocycles. The van der Waals surface area contributed by atoms with Gasteiger partial charge in [-0.15, -0.1) is 0 Å². The summed E-state index contributed by atoms with van der Waals surface area (Å²) in [6.45, 7) is 4.12. The second kappa shape index (κ2) is 5.39. The molecule has 0 atom stereocenters. The number of hydrogen-bond donors (Lipinski definition) is 2. The number of carbonyl (C=O) groups excluding carboxylic acids is 1. The highest BCUT2D eigenvalue weighted by Crippen LogP contribution is 2.10. The number of nitrogens with one attached hydrogen (secondary N) is 1. The Morgan fingerprint density at radius 1 is 1.33 bits per heavy atom. The lowest BCUT2D eigenvalue weighted by Crippen LogP contribution is -2.34. The first-order chi connectivity index (χ1) is 7.19. The Morgan fingerprint density at radius 3 is 2.47 bits per heavy atom. The first kappa shape index (κ1) is 11.6. The minimum atomic E-state index is -0.0817. The molecule has 15 heavy (non-hydrogen) atoms. The number of amides is 1. The van der Waals surface area contributed by atoms with Crippen LogP contribution in [-0.4, -0.2) is 11.9 Å². The molecule has 1 amide bonds. The van der Waals surface area contributed by atoms with E-state index in [2.05, 4.69) is 19.2 Å². The van der Waals surface area contributed by atoms with Gasteiger partial charge in [-0.05, 0) is 25.0 Å². The number of benzene rings is 1. The van der Waals surface area contributed by atoms with Gasteiger partial charge in [0.25, 0.3) is 5.91 Å². The Labute approximate surface area is 90.7 Å². The predicted octanol–water partition coefficient (Wildman–Crippen LogP) is 2.19. The molecule has 0 bridgehead atoms. The first-order valence-corrected chi connectivity index (χ1v) is 5.34. The molecule has 0 aliphatic rings. The highest BCUT2D eigenvalue weighted by atomic mass is 16.1. The van der Waals surface area contributed by atoms with Crippen molar-refractivity contribution in [1.29, 1.82) is 0 Å². The lowest BCUT2D eigenvalue weighted by Gasteiger charge is -2.15. The lowest BCUT2D eigenvalue weighted by molar-refractivity contribution is 0.0936. The quantitative estimate of drug-likeness (QED) is 0.742. The minimum absolute atomic E-state index is 0.0817. The second-order valence-corrected chi connectivity index (χ2v) is 3.57. The average molecular weight is 206 g/mol. The molecular weight excluding hydrogens is 188 g/mol. The summed E-state index contributed by atoms with van der Waals surface area (Å²) in [7, 11) is 0. The Bertz CT molecular complexity index is 332. The van der Waals surface area contributed by atoms with Gasteiger partial charge in [0, 0.05) is 11.7 Å². The molecule has 0 aliphatic heterocycles. The molecule has 0 heterocycles. The van der Waals surface area contributed by atoms with Crippen molar-refractivity contribution in [2.75, 3.05) is 5.73 Å². The largest absolute Gasteiger partial charge is 0.398 e. The summed E-state index contributed by atoms with van der Waals surface area (Å²) in [5.41, 5.74) is 6.81. The van der Waals surface area contributed by atoms with Gasteiger partial charge in [-0.2, -0.15) is 0 Å². The van der Waals surface area contributed by atoms with E-state index in [9.17, 15) is 4.79 Å². The van der Waals surface area contributed by atoms with Gasteiger partial charge >= 0.3 is 0 Å². The zero-order valence-corrected chi connectivity index (χ0v) is 9.29. The highest BCUT2D eigenvalue weighted by Gasteiger charge is 2.12. The van der Waals surface area contributed by atoms with E-state index >= 15 is 0 Å². The fraction of sp³-hybridized carbons (Fsp3) is 0.417. The molecule has 82 valence electrons. The van der Waals surface area contributed by atoms with Crippen molar-refractivity contribution in [2.24, 2.45) is 0 Å². The van der Waals surface area contributed by atoms with Crippen LogP contribution in [0.4, 0.5) is 5.69 Å². The summed E-state index contributed by atoms with van der Waals surface area (Å²) < 4.78 is 0. The molecule has 0 unspecified atom stereocenters. The first-order valence-electron chi connectivity index (χ1n) is 5.34. The average Bonchev–Trinajstić information content (AvgIpc) is 2.26. The van der Waals surface area contributed by atoms with Crippen molar-refractivity contribution < 1.29 is 4.79 Å². The summed E-state index contributed by atoms with van der Waals surface area (Å²) in [5.74, 6) is -0.0817. The van der Waals surface area contributed by atoms with Crippen LogP contribution in [0.25, 0.3) is 0 Å². The van der Waals surface area contributed by atoms with Crippen LogP contribution < -0.4 is 11.1 Å². The third-order valence-corrected chi connectivity index (χ3v) is 2.53. The van der Waals surface area contributed by atoms with Gasteiger partial charge in [-0.3, -0.25) is 4.79 Å². The molecule has 1 rings (SSSR count). The van der Waals surface area contributed by atoms with E-state index in [4.69, 9.17) is 5.73 Å². The van der Waals surface area contributed by atoms with Gasteiger partial charge in [0.05, 0.1) is 5.56 Å². The van der Waals surface area contributed by atoms with Crippen LogP contribution in [0.5, 0.6) is 0 Å². The number of para-hydroxylation sites is 1. The van der Waals surface area contributed by atoms with Crippen LogP contribution >= 0.6 is 0 Å². The normalized spacial score (nSPS) is 10.3. The molecule has 3 heteroatoms. The number of nitrogens with two attached hydrogens (primary N) is 1. The van der Waals surface area contributed by atoms with E-state index in [1.165, 1.54) is 0 Å². The standard InChI is InChI=1S/C12H18N2O/c1-3-9(4-2)14-12(15)10-7-5-6-8-11(10)13/h5-9H,3-4,13H2,1-2H3,(H,14,15). The molecule has 0 spiro atoms. The Hall–Kier alpha value is -1.51. The molecule has 0 saturated heterocycles. The maximum atomic E-state index is 11.8. The Kier molecular flexibility index (Phi) is 4.16. The molecule has 1 aromatic rings. The molecule has 0 aliphatic carbocycles. The van der Waals surface area contributed by atoms with E-state index in [0.717, 1.165) is 12.8 Å². The molecule has 1 aromatic carbocycles. The van der Waals surface area contributed by atoms with E-state index in [1.54, 1.807) is 12.1 Å². The zero-order chi connectivity index (χ0) is 11.3. The second-order valence-electron chi connectivity index (χ2n) is 3.57. The van der Waals surface area contributed by atoms with Gasteiger partial charge < -0.3 is 11.1 Å². The third-order valence-electron chi connectivity index (χ3n) is 2.53. The van der Waals surface area contributed by atoms with Crippen molar-refractivity contribution in [2.45, 2.75) is 32.7 Å². The fourth-order valence-electron chi connectivity index (χ4n) is 1.46. The van der Waals surface area contributed by atoms with Crippen LogP contribution in [0.2, 0.25) is 0 Å². The van der Waals surface area contributed by atoms with Gasteiger partial charge in [0.2, 0.25) is 0 Å². The Balaban J connectivity index is 2.73. The van der Waals surface area contributed by atoms with Crippen LogP contribution in [0.15, 0.2) is 24.3 Å². The number of carbonyl (C=O) groups is 1. The molecule has 0 radical (unpaired) electrons. The van der Waals surface area contributed by atoms with Crippen molar-refractivity contribution in [3.05, 3.63) is 29.8 Å². The number of anilines is 1. The van der Waals surface area contributed by atoms with E-state index < -0.39 is 0 Å². The van der Waals surface area contributed by atoms with Crippen molar-refractivity contribution >= 4 is 11.6 Å².